The molecule has 0 saturated heterocycles. The van der Waals surface area contributed by atoms with Crippen LogP contribution in [0.3, 0.4) is 0 Å². The predicted octanol–water partition coefficient (Wildman–Crippen LogP) is 1.51. The normalized spacial score (nSPS) is 12.5. The van der Waals surface area contributed by atoms with Crippen molar-refractivity contribution in [2.24, 2.45) is 0 Å². The highest BCUT2D eigenvalue weighted by Crippen LogP contribution is 2.17. The van der Waals surface area contributed by atoms with E-state index in [-0.39, 0.29) is 23.5 Å². The van der Waals surface area contributed by atoms with Crippen LogP contribution in [0.4, 0.5) is 0 Å². The zero-order valence-electron chi connectivity index (χ0n) is 7.70. The summed E-state index contributed by atoms with van der Waals surface area (Å²) in [5.74, 6) is -0.638. The molecule has 0 aliphatic rings. The lowest BCUT2D eigenvalue weighted by Gasteiger charge is -2.09. The van der Waals surface area contributed by atoms with Crippen LogP contribution in [-0.4, -0.2) is 17.1 Å². The molecular weight excluding hydrogens is 170 g/mol. The Hall–Kier alpha value is -1.45. The highest BCUT2D eigenvalue weighted by Gasteiger charge is 2.14. The highest BCUT2D eigenvalue weighted by molar-refractivity contribution is 5.96. The predicted molar refractivity (Wildman–Crippen MR) is 47.6 cm³/mol. The second-order valence-corrected chi connectivity index (χ2v) is 2.92. The lowest BCUT2D eigenvalue weighted by atomic mass is 10.2. The van der Waals surface area contributed by atoms with Gasteiger partial charge in [0.05, 0.1) is 6.26 Å². The van der Waals surface area contributed by atoms with E-state index in [9.17, 15) is 4.79 Å². The Morgan fingerprint density at radius 1 is 1.77 bits per heavy atom. The molecule has 13 heavy (non-hydrogen) atoms. The summed E-state index contributed by atoms with van der Waals surface area (Å²) in [7, 11) is 0. The summed E-state index contributed by atoms with van der Waals surface area (Å²) in [6, 6.07) is 1.54. The number of nitrogens with one attached hydrogen (secondary N) is 1. The van der Waals surface area contributed by atoms with Gasteiger partial charge in [-0.3, -0.25) is 4.79 Å². The van der Waals surface area contributed by atoms with Crippen molar-refractivity contribution in [1.82, 2.24) is 5.32 Å². The van der Waals surface area contributed by atoms with Gasteiger partial charge in [0, 0.05) is 6.04 Å². The van der Waals surface area contributed by atoms with Crippen LogP contribution >= 0.6 is 0 Å². The van der Waals surface area contributed by atoms with Gasteiger partial charge >= 0.3 is 0 Å². The lowest BCUT2D eigenvalue weighted by molar-refractivity contribution is 0.0934. The van der Waals surface area contributed by atoms with Crippen molar-refractivity contribution in [3.8, 4) is 5.95 Å². The van der Waals surface area contributed by atoms with Crippen molar-refractivity contribution in [2.75, 3.05) is 0 Å². The monoisotopic (exact) mass is 183 g/mol. The third-order valence-corrected chi connectivity index (χ3v) is 1.88. The van der Waals surface area contributed by atoms with Crippen LogP contribution < -0.4 is 5.32 Å². The third kappa shape index (κ3) is 2.24. The Bertz CT molecular complexity index is 293. The molecule has 4 nitrogen and oxygen atoms in total. The smallest absolute Gasteiger partial charge is 0.295 e. The number of carbonyl (C=O) groups is 1. The topological polar surface area (TPSA) is 62.5 Å². The first-order valence-electron chi connectivity index (χ1n) is 4.22. The molecule has 0 bridgehead atoms. The summed E-state index contributed by atoms with van der Waals surface area (Å²) in [4.78, 5) is 11.4. The fourth-order valence-electron chi connectivity index (χ4n) is 0.878. The van der Waals surface area contributed by atoms with Gasteiger partial charge in [-0.05, 0) is 19.4 Å². The van der Waals surface area contributed by atoms with Crippen LogP contribution in [-0.2, 0) is 0 Å². The molecule has 2 N–H and O–H groups in total. The molecule has 1 unspecified atom stereocenters. The maximum Gasteiger partial charge on any atom is 0.295 e. The molecule has 1 heterocycles. The molecule has 1 aromatic heterocycles. The van der Waals surface area contributed by atoms with Gasteiger partial charge in [-0.1, -0.05) is 6.92 Å². The number of carbonyl (C=O) groups excluding carboxylic acids is 1. The fraction of sp³-hybridized carbons (Fsp3) is 0.444. The molecule has 0 radical (unpaired) electrons. The van der Waals surface area contributed by atoms with E-state index in [1.165, 1.54) is 12.3 Å². The van der Waals surface area contributed by atoms with Crippen molar-refractivity contribution in [3.63, 3.8) is 0 Å². The first-order valence-corrected chi connectivity index (χ1v) is 4.22. The van der Waals surface area contributed by atoms with Gasteiger partial charge in [0.1, 0.15) is 5.56 Å². The van der Waals surface area contributed by atoms with E-state index in [1.807, 2.05) is 13.8 Å². The van der Waals surface area contributed by atoms with E-state index in [0.29, 0.717) is 0 Å². The molecule has 1 aromatic rings. The molecule has 1 amide bonds. The van der Waals surface area contributed by atoms with Crippen molar-refractivity contribution in [1.29, 1.82) is 0 Å². The van der Waals surface area contributed by atoms with E-state index < -0.39 is 0 Å². The number of hydrogen-bond acceptors (Lipinski definition) is 3. The quantitative estimate of drug-likeness (QED) is 0.746. The van der Waals surface area contributed by atoms with Crippen LogP contribution in [0, 0.1) is 0 Å². The van der Waals surface area contributed by atoms with Gasteiger partial charge in [0.2, 0.25) is 0 Å². The molecule has 0 aliphatic heterocycles. The molecule has 0 spiro atoms. The van der Waals surface area contributed by atoms with Gasteiger partial charge in [-0.15, -0.1) is 0 Å². The van der Waals surface area contributed by atoms with Gasteiger partial charge in [-0.2, -0.15) is 0 Å². The maximum atomic E-state index is 11.4. The maximum absolute atomic E-state index is 11.4. The van der Waals surface area contributed by atoms with E-state index in [0.717, 1.165) is 6.42 Å². The van der Waals surface area contributed by atoms with E-state index >= 15 is 0 Å². The SMILES string of the molecule is CCC(C)NC(=O)c1ccoc1O. The van der Waals surface area contributed by atoms with Gasteiger partial charge in [0.15, 0.2) is 0 Å². The molecule has 72 valence electrons. The minimum atomic E-state index is -0.333. The summed E-state index contributed by atoms with van der Waals surface area (Å²) in [6.07, 6.45) is 2.13. The summed E-state index contributed by atoms with van der Waals surface area (Å²) in [5, 5.41) is 11.8. The number of aromatic hydroxyl groups is 1. The highest BCUT2D eigenvalue weighted by atomic mass is 16.5. The van der Waals surface area contributed by atoms with E-state index in [4.69, 9.17) is 5.11 Å². The molecule has 0 fully saturated rings. The summed E-state index contributed by atoms with van der Waals surface area (Å²) < 4.78 is 4.60. The molecule has 0 aliphatic carbocycles. The largest absolute Gasteiger partial charge is 0.480 e. The summed E-state index contributed by atoms with van der Waals surface area (Å²) >= 11 is 0. The Morgan fingerprint density at radius 3 is 2.92 bits per heavy atom. The fourth-order valence-corrected chi connectivity index (χ4v) is 0.878. The number of hydrogen-bond donors (Lipinski definition) is 2. The molecule has 1 atom stereocenters. The standard InChI is InChI=1S/C9H13NO3/c1-3-6(2)10-8(11)7-4-5-13-9(7)12/h4-6,12H,3H2,1-2H3,(H,10,11). The minimum absolute atomic E-state index is 0.0989. The molecule has 0 aromatic carbocycles. The second kappa shape index (κ2) is 3.98. The third-order valence-electron chi connectivity index (χ3n) is 1.88. The number of amides is 1. The second-order valence-electron chi connectivity index (χ2n) is 2.92. The van der Waals surface area contributed by atoms with Crippen LogP contribution in [0.5, 0.6) is 5.95 Å². The summed E-state index contributed by atoms with van der Waals surface area (Å²) in [6.45, 7) is 3.87. The Balaban J connectivity index is 2.64. The van der Waals surface area contributed by atoms with Crippen molar-refractivity contribution in [2.45, 2.75) is 26.3 Å². The molecule has 1 rings (SSSR count). The Labute approximate surface area is 76.6 Å². The Kier molecular flexibility index (Phi) is 2.95. The zero-order chi connectivity index (χ0) is 9.84. The van der Waals surface area contributed by atoms with Gasteiger partial charge in [-0.25, -0.2) is 0 Å². The number of rotatable bonds is 3. The van der Waals surface area contributed by atoms with E-state index in [1.54, 1.807) is 0 Å². The van der Waals surface area contributed by atoms with Crippen molar-refractivity contribution >= 4 is 5.91 Å². The Morgan fingerprint density at radius 2 is 2.46 bits per heavy atom. The minimum Gasteiger partial charge on any atom is -0.480 e. The molecule has 4 heteroatoms. The van der Waals surface area contributed by atoms with Crippen LogP contribution in [0.15, 0.2) is 16.7 Å². The van der Waals surface area contributed by atoms with Crippen molar-refractivity contribution in [3.05, 3.63) is 17.9 Å². The first-order chi connectivity index (χ1) is 6.15. The molecule has 0 saturated carbocycles. The first kappa shape index (κ1) is 9.64. The number of furan rings is 1. The van der Waals surface area contributed by atoms with Crippen LogP contribution in [0.1, 0.15) is 30.6 Å². The zero-order valence-corrected chi connectivity index (χ0v) is 7.70. The average Bonchev–Trinajstić information content (AvgIpc) is 2.51. The van der Waals surface area contributed by atoms with E-state index in [2.05, 4.69) is 9.73 Å². The van der Waals surface area contributed by atoms with Crippen LogP contribution in [0.2, 0.25) is 0 Å². The van der Waals surface area contributed by atoms with Gasteiger partial charge in [0.25, 0.3) is 11.9 Å². The molecular formula is C9H13NO3. The van der Waals surface area contributed by atoms with Crippen LogP contribution in [0.25, 0.3) is 0 Å². The average molecular weight is 183 g/mol. The van der Waals surface area contributed by atoms with Gasteiger partial charge < -0.3 is 14.8 Å². The lowest BCUT2D eigenvalue weighted by Crippen LogP contribution is -2.31. The van der Waals surface area contributed by atoms with Crippen molar-refractivity contribution < 1.29 is 14.3 Å². The summed E-state index contributed by atoms with van der Waals surface area (Å²) in [5.41, 5.74) is 0.181.